The zero-order valence-electron chi connectivity index (χ0n) is 11.0. The summed E-state index contributed by atoms with van der Waals surface area (Å²) in [5.74, 6) is 1.73. The van der Waals surface area contributed by atoms with Crippen molar-refractivity contribution >= 4 is 17.7 Å². The topological polar surface area (TPSA) is 38.3 Å². The number of hydrogen-bond acceptors (Lipinski definition) is 4. The highest BCUT2D eigenvalue weighted by molar-refractivity contribution is 7.99. The smallest absolute Gasteiger partial charge is 0.326 e. The lowest BCUT2D eigenvalue weighted by Gasteiger charge is -2.28. The lowest BCUT2D eigenvalue weighted by molar-refractivity contribution is -0.149. The van der Waals surface area contributed by atoms with Gasteiger partial charge in [-0.15, -0.1) is 0 Å². The molecule has 0 saturated heterocycles. The monoisotopic (exact) mass is 247 g/mol. The third-order valence-corrected chi connectivity index (χ3v) is 3.71. The molecular formula is C12H25NO2S. The lowest BCUT2D eigenvalue weighted by Crippen LogP contribution is -2.53. The average molecular weight is 247 g/mol. The minimum absolute atomic E-state index is 0.132. The number of esters is 1. The zero-order valence-corrected chi connectivity index (χ0v) is 11.8. The van der Waals surface area contributed by atoms with Crippen LogP contribution < -0.4 is 5.32 Å². The standard InChI is InChI=1S/C12H25NO2S/c1-5-8-13-12(4,10-16-9-6-2)11(14)15-7-3/h13H,5-10H2,1-4H3. The first kappa shape index (κ1) is 15.8. The van der Waals surface area contributed by atoms with E-state index in [2.05, 4.69) is 19.2 Å². The largest absolute Gasteiger partial charge is 0.465 e. The van der Waals surface area contributed by atoms with E-state index in [0.717, 1.165) is 30.9 Å². The molecule has 0 fully saturated rings. The Bertz CT molecular complexity index is 199. The summed E-state index contributed by atoms with van der Waals surface area (Å²) in [6.45, 7) is 9.31. The molecule has 1 unspecified atom stereocenters. The summed E-state index contributed by atoms with van der Waals surface area (Å²) in [4.78, 5) is 11.9. The van der Waals surface area contributed by atoms with Gasteiger partial charge in [0.1, 0.15) is 5.54 Å². The van der Waals surface area contributed by atoms with Crippen molar-refractivity contribution in [3.05, 3.63) is 0 Å². The van der Waals surface area contributed by atoms with Gasteiger partial charge in [-0.25, -0.2) is 0 Å². The van der Waals surface area contributed by atoms with Gasteiger partial charge < -0.3 is 10.1 Å². The van der Waals surface area contributed by atoms with E-state index in [1.165, 1.54) is 0 Å². The predicted molar refractivity (Wildman–Crippen MR) is 70.9 cm³/mol. The van der Waals surface area contributed by atoms with Gasteiger partial charge in [-0.05, 0) is 39.0 Å². The van der Waals surface area contributed by atoms with Crippen molar-refractivity contribution in [2.75, 3.05) is 24.7 Å². The van der Waals surface area contributed by atoms with Gasteiger partial charge in [-0.1, -0.05) is 13.8 Å². The van der Waals surface area contributed by atoms with Crippen LogP contribution in [0.2, 0.25) is 0 Å². The number of hydrogen-bond donors (Lipinski definition) is 1. The number of ether oxygens (including phenoxy) is 1. The van der Waals surface area contributed by atoms with Crippen molar-refractivity contribution in [1.29, 1.82) is 0 Å². The summed E-state index contributed by atoms with van der Waals surface area (Å²) in [5, 5.41) is 3.29. The normalized spacial score (nSPS) is 14.5. The van der Waals surface area contributed by atoms with Gasteiger partial charge in [0.15, 0.2) is 0 Å². The first-order chi connectivity index (χ1) is 7.60. The number of thioether (sulfide) groups is 1. The van der Waals surface area contributed by atoms with Gasteiger partial charge >= 0.3 is 5.97 Å². The molecule has 0 aromatic rings. The molecule has 3 nitrogen and oxygen atoms in total. The van der Waals surface area contributed by atoms with Crippen molar-refractivity contribution in [2.45, 2.75) is 46.1 Å². The molecule has 0 aromatic carbocycles. The molecule has 16 heavy (non-hydrogen) atoms. The second-order valence-electron chi connectivity index (χ2n) is 4.03. The van der Waals surface area contributed by atoms with Gasteiger partial charge in [0.05, 0.1) is 6.61 Å². The van der Waals surface area contributed by atoms with Crippen LogP contribution >= 0.6 is 11.8 Å². The van der Waals surface area contributed by atoms with Crippen molar-refractivity contribution < 1.29 is 9.53 Å². The van der Waals surface area contributed by atoms with Crippen LogP contribution in [0, 0.1) is 0 Å². The van der Waals surface area contributed by atoms with Gasteiger partial charge in [-0.3, -0.25) is 4.79 Å². The summed E-state index contributed by atoms with van der Waals surface area (Å²) >= 11 is 1.80. The Balaban J connectivity index is 4.28. The van der Waals surface area contributed by atoms with Gasteiger partial charge in [0.25, 0.3) is 0 Å². The Morgan fingerprint density at radius 3 is 2.50 bits per heavy atom. The Morgan fingerprint density at radius 2 is 2.00 bits per heavy atom. The van der Waals surface area contributed by atoms with Crippen LogP contribution in [-0.2, 0) is 9.53 Å². The molecular weight excluding hydrogens is 222 g/mol. The van der Waals surface area contributed by atoms with E-state index in [9.17, 15) is 4.79 Å². The minimum atomic E-state index is -0.536. The van der Waals surface area contributed by atoms with Crippen LogP contribution in [0.15, 0.2) is 0 Å². The molecule has 0 amide bonds. The van der Waals surface area contributed by atoms with Gasteiger partial charge in [-0.2, -0.15) is 11.8 Å². The average Bonchev–Trinajstić information content (AvgIpc) is 2.27. The highest BCUT2D eigenvalue weighted by Gasteiger charge is 2.33. The SMILES string of the molecule is CCCNC(C)(CSCCC)C(=O)OCC. The summed E-state index contributed by atoms with van der Waals surface area (Å²) in [6, 6.07) is 0. The van der Waals surface area contributed by atoms with Crippen LogP contribution in [-0.4, -0.2) is 36.2 Å². The number of carbonyl (C=O) groups is 1. The van der Waals surface area contributed by atoms with Crippen molar-refractivity contribution in [3.63, 3.8) is 0 Å². The first-order valence-electron chi connectivity index (χ1n) is 6.10. The van der Waals surface area contributed by atoms with Crippen LogP contribution in [0.1, 0.15) is 40.5 Å². The molecule has 0 aromatic heterocycles. The molecule has 1 atom stereocenters. The summed E-state index contributed by atoms with van der Waals surface area (Å²) < 4.78 is 5.12. The van der Waals surface area contributed by atoms with Crippen molar-refractivity contribution in [1.82, 2.24) is 5.32 Å². The van der Waals surface area contributed by atoms with E-state index >= 15 is 0 Å². The van der Waals surface area contributed by atoms with E-state index in [-0.39, 0.29) is 5.97 Å². The molecule has 0 heterocycles. The molecule has 0 aliphatic carbocycles. The molecule has 0 bridgehead atoms. The molecule has 4 heteroatoms. The van der Waals surface area contributed by atoms with Crippen LogP contribution in [0.3, 0.4) is 0 Å². The molecule has 0 radical (unpaired) electrons. The Morgan fingerprint density at radius 1 is 1.31 bits per heavy atom. The van der Waals surface area contributed by atoms with Crippen LogP contribution in [0.4, 0.5) is 0 Å². The fourth-order valence-electron chi connectivity index (χ4n) is 1.29. The summed E-state index contributed by atoms with van der Waals surface area (Å²) in [6.07, 6.45) is 2.16. The van der Waals surface area contributed by atoms with E-state index in [1.807, 2.05) is 13.8 Å². The second kappa shape index (κ2) is 8.88. The van der Waals surface area contributed by atoms with Crippen LogP contribution in [0.25, 0.3) is 0 Å². The first-order valence-corrected chi connectivity index (χ1v) is 7.26. The highest BCUT2D eigenvalue weighted by Crippen LogP contribution is 2.16. The molecule has 0 saturated carbocycles. The predicted octanol–water partition coefficient (Wildman–Crippen LogP) is 2.45. The van der Waals surface area contributed by atoms with Crippen LogP contribution in [0.5, 0.6) is 0 Å². The lowest BCUT2D eigenvalue weighted by atomic mass is 10.1. The quantitative estimate of drug-likeness (QED) is 0.502. The molecule has 0 aliphatic heterocycles. The van der Waals surface area contributed by atoms with Gasteiger partial charge in [0.2, 0.25) is 0 Å². The second-order valence-corrected chi connectivity index (χ2v) is 5.14. The van der Waals surface area contributed by atoms with E-state index < -0.39 is 5.54 Å². The molecule has 0 rings (SSSR count). The maximum Gasteiger partial charge on any atom is 0.326 e. The molecule has 0 spiro atoms. The zero-order chi connectivity index (χ0) is 12.4. The summed E-state index contributed by atoms with van der Waals surface area (Å²) in [7, 11) is 0. The minimum Gasteiger partial charge on any atom is -0.465 e. The maximum atomic E-state index is 11.9. The molecule has 96 valence electrons. The summed E-state index contributed by atoms with van der Waals surface area (Å²) in [5.41, 5.74) is -0.536. The third kappa shape index (κ3) is 5.75. The Labute approximate surface area is 104 Å². The number of nitrogens with one attached hydrogen (secondary N) is 1. The third-order valence-electron chi connectivity index (χ3n) is 2.23. The fraction of sp³-hybridized carbons (Fsp3) is 0.917. The van der Waals surface area contributed by atoms with E-state index in [4.69, 9.17) is 4.74 Å². The Kier molecular flexibility index (Phi) is 8.76. The number of rotatable bonds is 9. The van der Waals surface area contributed by atoms with Gasteiger partial charge in [0, 0.05) is 5.75 Å². The fourth-order valence-corrected chi connectivity index (χ4v) is 2.36. The van der Waals surface area contributed by atoms with Crippen molar-refractivity contribution in [3.8, 4) is 0 Å². The van der Waals surface area contributed by atoms with Crippen molar-refractivity contribution in [2.24, 2.45) is 0 Å². The Hall–Kier alpha value is -0.220. The molecule has 1 N–H and O–H groups in total. The highest BCUT2D eigenvalue weighted by atomic mass is 32.2. The maximum absolute atomic E-state index is 11.9. The number of carbonyl (C=O) groups excluding carboxylic acids is 1. The van der Waals surface area contributed by atoms with E-state index in [1.54, 1.807) is 11.8 Å². The molecule has 0 aliphatic rings. The van der Waals surface area contributed by atoms with E-state index in [0.29, 0.717) is 6.61 Å².